The fraction of sp³-hybridized carbons (Fsp3) is 0.565. The summed E-state index contributed by atoms with van der Waals surface area (Å²) in [6.07, 6.45) is 14.5. The van der Waals surface area contributed by atoms with Crippen LogP contribution in [0.25, 0.3) is 0 Å². The smallest absolute Gasteiger partial charge is 0.227 e. The zero-order valence-corrected chi connectivity index (χ0v) is 17.8. The average Bonchev–Trinajstić information content (AvgIpc) is 2.62. The number of rotatable bonds is 6. The largest absolute Gasteiger partial charge is 0.369 e. The SMILES string of the molecule is CNCC(NC1(C)N=CCC2C1=CC(C)=CC2(C)C(N)=O)C1=CC=CC(C)C1. The minimum absolute atomic E-state index is 0.0260. The van der Waals surface area contributed by atoms with E-state index in [2.05, 4.69) is 48.8 Å². The van der Waals surface area contributed by atoms with E-state index in [4.69, 9.17) is 10.7 Å². The molecule has 5 heteroatoms. The first-order valence-electron chi connectivity index (χ1n) is 10.2. The number of aliphatic imine (C=N–C) groups is 1. The first-order chi connectivity index (χ1) is 13.2. The van der Waals surface area contributed by atoms with Crippen LogP contribution in [-0.2, 0) is 4.79 Å². The molecule has 1 heterocycles. The molecule has 0 aromatic rings. The predicted octanol–water partition coefficient (Wildman–Crippen LogP) is 2.87. The molecule has 0 fully saturated rings. The van der Waals surface area contributed by atoms with E-state index in [0.717, 1.165) is 30.5 Å². The fourth-order valence-corrected chi connectivity index (χ4v) is 4.87. The number of carbonyl (C=O) groups excluding carboxylic acids is 1. The van der Waals surface area contributed by atoms with Gasteiger partial charge in [-0.05, 0) is 52.2 Å². The number of fused-ring (bicyclic) bond motifs is 1. The van der Waals surface area contributed by atoms with Crippen LogP contribution in [-0.4, -0.2) is 37.4 Å². The average molecular weight is 383 g/mol. The van der Waals surface area contributed by atoms with Crippen molar-refractivity contribution in [1.82, 2.24) is 10.6 Å². The number of amides is 1. The van der Waals surface area contributed by atoms with Gasteiger partial charge in [-0.3, -0.25) is 15.1 Å². The second kappa shape index (κ2) is 7.80. The first kappa shape index (κ1) is 20.7. The molecule has 5 unspecified atom stereocenters. The van der Waals surface area contributed by atoms with Gasteiger partial charge in [-0.1, -0.05) is 48.5 Å². The Balaban J connectivity index is 1.96. The summed E-state index contributed by atoms with van der Waals surface area (Å²) < 4.78 is 0. The van der Waals surface area contributed by atoms with Gasteiger partial charge in [0.25, 0.3) is 0 Å². The molecule has 5 atom stereocenters. The number of carbonyl (C=O) groups is 1. The predicted molar refractivity (Wildman–Crippen MR) is 116 cm³/mol. The van der Waals surface area contributed by atoms with Crippen molar-refractivity contribution in [2.45, 2.75) is 52.2 Å². The van der Waals surface area contributed by atoms with E-state index in [0.29, 0.717) is 5.92 Å². The lowest BCUT2D eigenvalue weighted by atomic mass is 9.63. The van der Waals surface area contributed by atoms with E-state index in [1.54, 1.807) is 0 Å². The Kier molecular flexibility index (Phi) is 5.78. The van der Waals surface area contributed by atoms with E-state index in [9.17, 15) is 4.79 Å². The molecule has 0 aromatic carbocycles. The summed E-state index contributed by atoms with van der Waals surface area (Å²) in [6.45, 7) is 9.17. The highest BCUT2D eigenvalue weighted by molar-refractivity contribution is 5.85. The molecule has 0 bridgehead atoms. The summed E-state index contributed by atoms with van der Waals surface area (Å²) in [4.78, 5) is 17.2. The van der Waals surface area contributed by atoms with Crippen molar-refractivity contribution in [3.05, 3.63) is 47.1 Å². The third-order valence-corrected chi connectivity index (χ3v) is 6.41. The van der Waals surface area contributed by atoms with E-state index < -0.39 is 11.1 Å². The van der Waals surface area contributed by atoms with Crippen molar-refractivity contribution in [2.75, 3.05) is 13.6 Å². The molecule has 0 saturated carbocycles. The molecule has 0 aromatic heterocycles. The summed E-state index contributed by atoms with van der Waals surface area (Å²) in [6, 6.07) is 0.158. The number of hydrogen-bond acceptors (Lipinski definition) is 4. The summed E-state index contributed by atoms with van der Waals surface area (Å²) in [5.74, 6) is 0.285. The number of primary amides is 1. The second-order valence-electron chi connectivity index (χ2n) is 8.87. The molecule has 0 spiro atoms. The maximum absolute atomic E-state index is 12.4. The van der Waals surface area contributed by atoms with Crippen LogP contribution in [0.1, 0.15) is 40.5 Å². The molecule has 28 heavy (non-hydrogen) atoms. The molecule has 1 amide bonds. The van der Waals surface area contributed by atoms with Crippen molar-refractivity contribution in [2.24, 2.45) is 28.0 Å². The third kappa shape index (κ3) is 3.78. The number of nitrogens with two attached hydrogens (primary N) is 1. The zero-order valence-electron chi connectivity index (χ0n) is 17.8. The van der Waals surface area contributed by atoms with Crippen molar-refractivity contribution in [3.8, 4) is 0 Å². The zero-order chi connectivity index (χ0) is 20.5. The standard InChI is InChI=1S/C23H34N4O/c1-15-7-6-8-17(11-15)20(14-25-5)27-23(4)19-12-16(2)13-22(3,21(24)28)18(19)9-10-26-23/h6-8,10,12-13,15,18,20,25,27H,9,11,14H2,1-5H3,(H2,24,28). The van der Waals surface area contributed by atoms with Crippen LogP contribution in [0.3, 0.4) is 0 Å². The first-order valence-corrected chi connectivity index (χ1v) is 10.2. The highest BCUT2D eigenvalue weighted by Crippen LogP contribution is 2.47. The Labute approximate surface area is 168 Å². The molecule has 5 nitrogen and oxygen atoms in total. The Hall–Kier alpha value is -1.98. The molecular weight excluding hydrogens is 348 g/mol. The van der Waals surface area contributed by atoms with E-state index in [-0.39, 0.29) is 17.9 Å². The van der Waals surface area contributed by atoms with Crippen LogP contribution in [0.4, 0.5) is 0 Å². The normalized spacial score (nSPS) is 35.5. The van der Waals surface area contributed by atoms with Crippen LogP contribution < -0.4 is 16.4 Å². The Morgan fingerprint density at radius 1 is 1.43 bits per heavy atom. The number of hydrogen-bond donors (Lipinski definition) is 3. The summed E-state index contributed by atoms with van der Waals surface area (Å²) >= 11 is 0. The quantitative estimate of drug-likeness (QED) is 0.661. The van der Waals surface area contributed by atoms with Crippen LogP contribution in [0.5, 0.6) is 0 Å². The van der Waals surface area contributed by atoms with Gasteiger partial charge in [0.2, 0.25) is 5.91 Å². The Morgan fingerprint density at radius 2 is 2.18 bits per heavy atom. The molecule has 1 aliphatic heterocycles. The van der Waals surface area contributed by atoms with Crippen LogP contribution in [0.15, 0.2) is 52.1 Å². The van der Waals surface area contributed by atoms with E-state index in [1.807, 2.05) is 33.2 Å². The minimum atomic E-state index is -0.691. The number of likely N-dealkylation sites (N-methyl/N-ethyl adjacent to an activating group) is 1. The summed E-state index contributed by atoms with van der Waals surface area (Å²) in [5.41, 5.74) is 8.17. The van der Waals surface area contributed by atoms with Gasteiger partial charge in [0.1, 0.15) is 5.66 Å². The molecule has 3 rings (SSSR count). The van der Waals surface area contributed by atoms with Gasteiger partial charge in [0.15, 0.2) is 0 Å². The van der Waals surface area contributed by atoms with Gasteiger partial charge in [0, 0.05) is 24.7 Å². The highest BCUT2D eigenvalue weighted by Gasteiger charge is 2.48. The van der Waals surface area contributed by atoms with Gasteiger partial charge in [0.05, 0.1) is 5.41 Å². The second-order valence-corrected chi connectivity index (χ2v) is 8.87. The van der Waals surface area contributed by atoms with Crippen LogP contribution in [0, 0.1) is 17.3 Å². The van der Waals surface area contributed by atoms with Crippen molar-refractivity contribution in [3.63, 3.8) is 0 Å². The maximum atomic E-state index is 12.4. The highest BCUT2D eigenvalue weighted by atomic mass is 16.1. The van der Waals surface area contributed by atoms with Gasteiger partial charge in [-0.2, -0.15) is 0 Å². The molecule has 0 radical (unpaired) electrons. The van der Waals surface area contributed by atoms with Crippen molar-refractivity contribution >= 4 is 12.1 Å². The lowest BCUT2D eigenvalue weighted by Gasteiger charge is -2.47. The van der Waals surface area contributed by atoms with Crippen LogP contribution in [0.2, 0.25) is 0 Å². The molecule has 152 valence electrons. The molecule has 4 N–H and O–H groups in total. The Morgan fingerprint density at radius 3 is 2.82 bits per heavy atom. The van der Waals surface area contributed by atoms with E-state index >= 15 is 0 Å². The van der Waals surface area contributed by atoms with Gasteiger partial charge in [-0.15, -0.1) is 0 Å². The Bertz CT molecular complexity index is 790. The minimum Gasteiger partial charge on any atom is -0.369 e. The van der Waals surface area contributed by atoms with Crippen molar-refractivity contribution < 1.29 is 4.79 Å². The monoisotopic (exact) mass is 382 g/mol. The molecule has 2 aliphatic carbocycles. The summed E-state index contributed by atoms with van der Waals surface area (Å²) in [7, 11) is 1.98. The van der Waals surface area contributed by atoms with Gasteiger partial charge >= 0.3 is 0 Å². The lowest BCUT2D eigenvalue weighted by molar-refractivity contribution is -0.126. The fourth-order valence-electron chi connectivity index (χ4n) is 4.87. The maximum Gasteiger partial charge on any atom is 0.227 e. The van der Waals surface area contributed by atoms with Gasteiger partial charge in [-0.25, -0.2) is 0 Å². The van der Waals surface area contributed by atoms with Crippen molar-refractivity contribution in [1.29, 1.82) is 0 Å². The third-order valence-electron chi connectivity index (χ3n) is 6.41. The van der Waals surface area contributed by atoms with Crippen LogP contribution >= 0.6 is 0 Å². The number of nitrogens with one attached hydrogen (secondary N) is 2. The summed E-state index contributed by atoms with van der Waals surface area (Å²) in [5, 5.41) is 7.13. The van der Waals surface area contributed by atoms with Gasteiger partial charge < -0.3 is 11.1 Å². The van der Waals surface area contributed by atoms with E-state index in [1.165, 1.54) is 5.57 Å². The lowest BCUT2D eigenvalue weighted by Crippen LogP contribution is -2.57. The number of nitrogens with zero attached hydrogens (tertiary/aromatic N) is 1. The molecule has 3 aliphatic rings. The topological polar surface area (TPSA) is 79.5 Å². The molecule has 0 saturated heterocycles. The molecular formula is C23H34N4O. The number of allylic oxidation sites excluding steroid dienone is 5.